The molecule has 0 atom stereocenters. The van der Waals surface area contributed by atoms with E-state index >= 15 is 0 Å². The number of halogens is 2. The van der Waals surface area contributed by atoms with E-state index in [4.69, 9.17) is 11.6 Å². The van der Waals surface area contributed by atoms with E-state index in [-0.39, 0.29) is 16.8 Å². The number of benzene rings is 2. The molecule has 0 saturated carbocycles. The fourth-order valence-electron chi connectivity index (χ4n) is 3.02. The number of carbonyl (C=O) groups excluding carboxylic acids is 1. The van der Waals surface area contributed by atoms with Crippen molar-refractivity contribution in [2.45, 2.75) is 25.4 Å². The number of likely N-dealkylation sites (tertiary alicyclic amines) is 1. The third-order valence-corrected chi connectivity index (χ3v) is 4.66. The van der Waals surface area contributed by atoms with Gasteiger partial charge in [0.25, 0.3) is 0 Å². The van der Waals surface area contributed by atoms with Crippen LogP contribution in [0.4, 0.5) is 14.9 Å². The van der Waals surface area contributed by atoms with E-state index in [1.54, 1.807) is 6.07 Å². The molecule has 1 aliphatic rings. The molecule has 1 saturated heterocycles. The monoisotopic (exact) mass is 361 g/mol. The van der Waals surface area contributed by atoms with Gasteiger partial charge >= 0.3 is 6.03 Å². The average Bonchev–Trinajstić information content (AvgIpc) is 2.62. The number of nitrogens with one attached hydrogen (secondary N) is 2. The van der Waals surface area contributed by atoms with Crippen molar-refractivity contribution in [1.29, 1.82) is 0 Å². The molecule has 132 valence electrons. The Morgan fingerprint density at radius 1 is 1.12 bits per heavy atom. The second-order valence-electron chi connectivity index (χ2n) is 6.24. The summed E-state index contributed by atoms with van der Waals surface area (Å²) < 4.78 is 13.8. The highest BCUT2D eigenvalue weighted by molar-refractivity contribution is 6.31. The van der Waals surface area contributed by atoms with Crippen molar-refractivity contribution in [3.63, 3.8) is 0 Å². The molecule has 1 heterocycles. The molecule has 0 radical (unpaired) electrons. The number of piperidine rings is 1. The summed E-state index contributed by atoms with van der Waals surface area (Å²) in [7, 11) is 0. The van der Waals surface area contributed by atoms with Crippen molar-refractivity contribution in [2.24, 2.45) is 0 Å². The second kappa shape index (κ2) is 8.32. The number of urea groups is 1. The van der Waals surface area contributed by atoms with E-state index in [1.807, 2.05) is 18.2 Å². The first-order chi connectivity index (χ1) is 12.1. The number of rotatable bonds is 4. The lowest BCUT2D eigenvalue weighted by molar-refractivity contribution is 0.190. The maximum absolute atomic E-state index is 13.8. The lowest BCUT2D eigenvalue weighted by atomic mass is 10.0. The van der Waals surface area contributed by atoms with Crippen LogP contribution in [-0.2, 0) is 6.54 Å². The van der Waals surface area contributed by atoms with Crippen LogP contribution in [0.25, 0.3) is 0 Å². The van der Waals surface area contributed by atoms with Gasteiger partial charge in [0.2, 0.25) is 0 Å². The zero-order valence-corrected chi connectivity index (χ0v) is 14.6. The fraction of sp³-hybridized carbons (Fsp3) is 0.316. The first kappa shape index (κ1) is 17.7. The Bertz CT molecular complexity index is 718. The maximum atomic E-state index is 13.8. The van der Waals surface area contributed by atoms with Crippen LogP contribution in [0.3, 0.4) is 0 Å². The van der Waals surface area contributed by atoms with Gasteiger partial charge in [-0.25, -0.2) is 9.18 Å². The van der Waals surface area contributed by atoms with Crippen molar-refractivity contribution in [3.05, 3.63) is 64.9 Å². The summed E-state index contributed by atoms with van der Waals surface area (Å²) in [6.45, 7) is 2.77. The van der Waals surface area contributed by atoms with Gasteiger partial charge < -0.3 is 10.6 Å². The minimum Gasteiger partial charge on any atom is -0.335 e. The van der Waals surface area contributed by atoms with Gasteiger partial charge in [0.1, 0.15) is 0 Å². The summed E-state index contributed by atoms with van der Waals surface area (Å²) in [4.78, 5) is 14.4. The minimum absolute atomic E-state index is 0.00739. The fourth-order valence-corrected chi connectivity index (χ4v) is 3.20. The van der Waals surface area contributed by atoms with Gasteiger partial charge in [0.05, 0.1) is 10.7 Å². The maximum Gasteiger partial charge on any atom is 0.319 e. The van der Waals surface area contributed by atoms with Crippen LogP contribution in [0.2, 0.25) is 5.02 Å². The van der Waals surface area contributed by atoms with Crippen LogP contribution in [0.1, 0.15) is 18.4 Å². The molecule has 0 aliphatic carbocycles. The number of amides is 2. The highest BCUT2D eigenvalue weighted by Gasteiger charge is 2.21. The molecule has 2 amide bonds. The average molecular weight is 362 g/mol. The molecule has 0 aromatic heterocycles. The quantitative estimate of drug-likeness (QED) is 0.854. The topological polar surface area (TPSA) is 44.4 Å². The van der Waals surface area contributed by atoms with E-state index in [1.165, 1.54) is 17.7 Å². The minimum atomic E-state index is -0.614. The van der Waals surface area contributed by atoms with Gasteiger partial charge in [-0.15, -0.1) is 0 Å². The largest absolute Gasteiger partial charge is 0.335 e. The van der Waals surface area contributed by atoms with E-state index < -0.39 is 11.8 Å². The van der Waals surface area contributed by atoms with Crippen LogP contribution in [0, 0.1) is 5.82 Å². The number of anilines is 1. The van der Waals surface area contributed by atoms with Crippen molar-refractivity contribution < 1.29 is 9.18 Å². The van der Waals surface area contributed by atoms with Gasteiger partial charge in [-0.2, -0.15) is 0 Å². The molecule has 0 spiro atoms. The smallest absolute Gasteiger partial charge is 0.319 e. The van der Waals surface area contributed by atoms with Crippen LogP contribution in [-0.4, -0.2) is 30.1 Å². The van der Waals surface area contributed by atoms with E-state index in [0.717, 1.165) is 32.5 Å². The first-order valence-electron chi connectivity index (χ1n) is 8.39. The SMILES string of the molecule is O=C(Nc1cccc(Cl)c1F)NC1CCN(Cc2ccccc2)CC1. The Hall–Kier alpha value is -2.11. The van der Waals surface area contributed by atoms with Crippen LogP contribution in [0.15, 0.2) is 48.5 Å². The number of hydrogen-bond acceptors (Lipinski definition) is 2. The number of nitrogens with zero attached hydrogens (tertiary/aromatic N) is 1. The van der Waals surface area contributed by atoms with Crippen LogP contribution >= 0.6 is 11.6 Å². The van der Waals surface area contributed by atoms with E-state index in [9.17, 15) is 9.18 Å². The van der Waals surface area contributed by atoms with Gasteiger partial charge in [0, 0.05) is 25.7 Å². The molecule has 25 heavy (non-hydrogen) atoms. The van der Waals surface area contributed by atoms with Gasteiger partial charge in [-0.3, -0.25) is 4.90 Å². The molecule has 2 aromatic carbocycles. The third kappa shape index (κ3) is 4.94. The van der Waals surface area contributed by atoms with Crippen molar-refractivity contribution in [3.8, 4) is 0 Å². The highest BCUT2D eigenvalue weighted by Crippen LogP contribution is 2.22. The molecule has 0 unspecified atom stereocenters. The molecule has 3 rings (SSSR count). The van der Waals surface area contributed by atoms with Crippen molar-refractivity contribution in [2.75, 3.05) is 18.4 Å². The molecule has 2 aromatic rings. The number of hydrogen-bond donors (Lipinski definition) is 2. The van der Waals surface area contributed by atoms with Gasteiger partial charge in [-0.1, -0.05) is 48.0 Å². The highest BCUT2D eigenvalue weighted by atomic mass is 35.5. The van der Waals surface area contributed by atoms with Gasteiger partial charge in [0.15, 0.2) is 5.82 Å². The molecule has 6 heteroatoms. The summed E-state index contributed by atoms with van der Waals surface area (Å²) >= 11 is 5.72. The Morgan fingerprint density at radius 3 is 2.56 bits per heavy atom. The zero-order valence-electron chi connectivity index (χ0n) is 13.8. The molecule has 4 nitrogen and oxygen atoms in total. The second-order valence-corrected chi connectivity index (χ2v) is 6.64. The van der Waals surface area contributed by atoms with E-state index in [2.05, 4.69) is 27.7 Å². The summed E-state index contributed by atoms with van der Waals surface area (Å²) in [5.74, 6) is -0.614. The Labute approximate surface area is 152 Å². The Morgan fingerprint density at radius 2 is 1.84 bits per heavy atom. The number of carbonyl (C=O) groups is 1. The summed E-state index contributed by atoms with van der Waals surface area (Å²) in [6.07, 6.45) is 1.75. The molecule has 1 aliphatic heterocycles. The molecular weight excluding hydrogens is 341 g/mol. The summed E-state index contributed by atoms with van der Waals surface area (Å²) in [5, 5.41) is 5.43. The Balaban J connectivity index is 1.45. The van der Waals surface area contributed by atoms with Gasteiger partial charge in [-0.05, 0) is 30.5 Å². The third-order valence-electron chi connectivity index (χ3n) is 4.37. The van der Waals surface area contributed by atoms with Crippen molar-refractivity contribution >= 4 is 23.3 Å². The Kier molecular flexibility index (Phi) is 5.89. The van der Waals surface area contributed by atoms with Crippen LogP contribution in [0.5, 0.6) is 0 Å². The molecule has 2 N–H and O–H groups in total. The van der Waals surface area contributed by atoms with Crippen molar-refractivity contribution in [1.82, 2.24) is 10.2 Å². The normalized spacial score (nSPS) is 15.8. The predicted octanol–water partition coefficient (Wildman–Crippen LogP) is 4.27. The predicted molar refractivity (Wildman–Crippen MR) is 98.3 cm³/mol. The molecule has 0 bridgehead atoms. The summed E-state index contributed by atoms with van der Waals surface area (Å²) in [5.41, 5.74) is 1.38. The summed E-state index contributed by atoms with van der Waals surface area (Å²) in [6, 6.07) is 14.6. The van der Waals surface area contributed by atoms with E-state index in [0.29, 0.717) is 0 Å². The zero-order chi connectivity index (χ0) is 17.6. The molecule has 1 fully saturated rings. The first-order valence-corrected chi connectivity index (χ1v) is 8.77. The lowest BCUT2D eigenvalue weighted by Gasteiger charge is -2.32. The standard InChI is InChI=1S/C19H21ClFN3O/c20-16-7-4-8-17(18(16)21)23-19(25)22-15-9-11-24(12-10-15)13-14-5-2-1-3-6-14/h1-8,15H,9-13H2,(H2,22,23,25). The molecular formula is C19H21ClFN3O. The lowest BCUT2D eigenvalue weighted by Crippen LogP contribution is -2.45. The van der Waals surface area contributed by atoms with Crippen LogP contribution < -0.4 is 10.6 Å².